The molecule has 4 heteroatoms. The van der Waals surface area contributed by atoms with E-state index < -0.39 is 0 Å². The van der Waals surface area contributed by atoms with Crippen molar-refractivity contribution in [3.63, 3.8) is 0 Å². The van der Waals surface area contributed by atoms with Gasteiger partial charge in [0.2, 0.25) is 0 Å². The minimum atomic E-state index is 0. The van der Waals surface area contributed by atoms with E-state index >= 15 is 0 Å². The molecule has 0 rings (SSSR count). The van der Waals surface area contributed by atoms with Crippen LogP contribution in [0.3, 0.4) is 0 Å². The summed E-state index contributed by atoms with van der Waals surface area (Å²) in [6, 6.07) is 0. The maximum absolute atomic E-state index is 2.14. The average molecular weight is 193 g/mol. The van der Waals surface area contributed by atoms with Crippen molar-refractivity contribution in [3.05, 3.63) is 0 Å². The molecule has 0 aliphatic rings. The van der Waals surface area contributed by atoms with E-state index in [9.17, 15) is 0 Å². The first kappa shape index (κ1) is 17.9. The van der Waals surface area contributed by atoms with Gasteiger partial charge in [-0.05, 0) is 10.1 Å². The number of hydrogen-bond donors (Lipinski definition) is 0. The third kappa shape index (κ3) is 9.82. The van der Waals surface area contributed by atoms with Gasteiger partial charge in [0.05, 0.1) is 7.44 Å². The number of rotatable bonds is 0. The fourth-order valence-corrected chi connectivity index (χ4v) is 0. The topological polar surface area (TPSA) is 0 Å². The summed E-state index contributed by atoms with van der Waals surface area (Å²) in [6.07, 6.45) is 0. The van der Waals surface area contributed by atoms with Crippen LogP contribution < -0.4 is 0 Å². The van der Waals surface area contributed by atoms with Gasteiger partial charge in [-0.3, -0.25) is 0 Å². The van der Waals surface area contributed by atoms with Crippen molar-refractivity contribution in [2.24, 2.45) is 0 Å². The van der Waals surface area contributed by atoms with Crippen LogP contribution in [-0.2, 0) is 0 Å². The van der Waals surface area contributed by atoms with E-state index in [2.05, 4.69) is 7.44 Å². The van der Waals surface area contributed by atoms with E-state index in [0.717, 1.165) is 0 Å². The van der Waals surface area contributed by atoms with Gasteiger partial charge in [0.25, 0.3) is 0 Å². The van der Waals surface area contributed by atoms with Crippen LogP contribution >= 0.6 is 0 Å². The molecule has 0 bridgehead atoms. The molecule has 0 radical (unpaired) electrons. The molecule has 0 aromatic carbocycles. The molecule has 0 N–H and O–H groups in total. The van der Waals surface area contributed by atoms with E-state index in [1.165, 1.54) is 10.1 Å². The minimum absolute atomic E-state index is 0. The SMILES string of the molecule is B[SiH3].[GaH3].[GeH4]. The van der Waals surface area contributed by atoms with Crippen LogP contribution in [-0.4, -0.2) is 54.9 Å². The molecule has 0 saturated carbocycles. The Hall–Kier alpha value is 1.46. The summed E-state index contributed by atoms with van der Waals surface area (Å²) in [5.74, 6) is 0. The second-order valence-electron chi connectivity index (χ2n) is 0. The maximum atomic E-state index is 2.14. The summed E-state index contributed by atoms with van der Waals surface area (Å²) < 4.78 is 0. The van der Waals surface area contributed by atoms with Gasteiger partial charge in [0, 0.05) is 0 Å². The third-order valence-corrected chi connectivity index (χ3v) is 0. The van der Waals surface area contributed by atoms with Crippen molar-refractivity contribution < 1.29 is 0 Å². The van der Waals surface area contributed by atoms with Gasteiger partial charge in [-0.1, -0.05) is 0 Å². The Morgan fingerprint density at radius 3 is 1.25 bits per heavy atom. The van der Waals surface area contributed by atoms with Gasteiger partial charge in [-0.25, -0.2) is 0 Å². The first-order chi connectivity index (χ1) is 1.00. The fourth-order valence-electron chi connectivity index (χ4n) is 0. The summed E-state index contributed by atoms with van der Waals surface area (Å²) in [7, 11) is 3.44. The summed E-state index contributed by atoms with van der Waals surface area (Å²) in [5, 5.41) is 0. The van der Waals surface area contributed by atoms with Gasteiger partial charge in [0.1, 0.15) is 0 Å². The molecule has 0 aliphatic carbocycles. The fraction of sp³-hybridized carbons (Fsp3) is 0. The van der Waals surface area contributed by atoms with Gasteiger partial charge < -0.3 is 0 Å². The average Bonchev–Trinajstić information content (AvgIpc) is 1.00. The molecule has 0 aromatic rings. The Labute approximate surface area is 54.9 Å². The molecule has 0 atom stereocenters. The molecular formula is H12BGaGeSi. The summed E-state index contributed by atoms with van der Waals surface area (Å²) in [4.78, 5) is 0. The molecule has 0 amide bonds. The molecule has 4 heavy (non-hydrogen) atoms. The first-order valence-corrected chi connectivity index (χ1v) is 3.00. The quantitative estimate of drug-likeness (QED) is 0.339. The molecule has 0 fully saturated rings. The monoisotopic (exact) mass is 194 g/mol. The van der Waals surface area contributed by atoms with Crippen molar-refractivity contribution in [2.75, 3.05) is 0 Å². The molecule has 0 heterocycles. The zero-order chi connectivity index (χ0) is 2.00. The van der Waals surface area contributed by atoms with Crippen LogP contribution in [0.5, 0.6) is 0 Å². The van der Waals surface area contributed by atoms with Crippen molar-refractivity contribution in [3.8, 4) is 0 Å². The van der Waals surface area contributed by atoms with E-state index in [1.807, 2.05) is 0 Å². The van der Waals surface area contributed by atoms with E-state index in [4.69, 9.17) is 0 Å². The molecule has 0 saturated heterocycles. The molecule has 0 spiro atoms. The zero-order valence-corrected chi connectivity index (χ0v) is 4.00. The predicted molar refractivity (Wildman–Crippen MR) is 39.8 cm³/mol. The predicted octanol–water partition coefficient (Wildman–Crippen LogP) is -4.74. The molecule has 0 unspecified atom stereocenters. The van der Waals surface area contributed by atoms with Crippen molar-refractivity contribution in [1.29, 1.82) is 0 Å². The Morgan fingerprint density at radius 2 is 1.25 bits per heavy atom. The molecule has 0 aliphatic heterocycles. The van der Waals surface area contributed by atoms with Gasteiger partial charge in [-0.2, -0.15) is 0 Å². The second-order valence-corrected chi connectivity index (χ2v) is 0. The summed E-state index contributed by atoms with van der Waals surface area (Å²) >= 11 is 0. The Bertz CT molecular complexity index is 8.00. The second kappa shape index (κ2) is 25.0. The van der Waals surface area contributed by atoms with Gasteiger partial charge in [-0.15, -0.1) is 0 Å². The van der Waals surface area contributed by atoms with Crippen LogP contribution in [0.4, 0.5) is 0 Å². The van der Waals surface area contributed by atoms with E-state index in [1.54, 1.807) is 0 Å². The van der Waals surface area contributed by atoms with Gasteiger partial charge in [0.15, 0.2) is 0 Å². The normalized spacial score (nSPS) is 2.00. The standard InChI is InChI=1S/BH5Si.Ga.GeH4.3H/c1-2;;;;;/h1H2,2H3;;1H4;;;. The van der Waals surface area contributed by atoms with Crippen LogP contribution in [0.15, 0.2) is 0 Å². The first-order valence-electron chi connectivity index (χ1n) is 1.00. The molecule has 26 valence electrons. The Kier molecular flexibility index (Phi) is 112. The summed E-state index contributed by atoms with van der Waals surface area (Å²) in [5.41, 5.74) is 0. The van der Waals surface area contributed by atoms with Crippen molar-refractivity contribution >= 4 is 54.9 Å². The van der Waals surface area contributed by atoms with E-state index in [-0.39, 0.29) is 37.4 Å². The van der Waals surface area contributed by atoms with Gasteiger partial charge >= 0.3 is 37.4 Å². The summed E-state index contributed by atoms with van der Waals surface area (Å²) in [6.45, 7) is 0. The molecular weight excluding hydrogens is 181 g/mol. The zero-order valence-electron chi connectivity index (χ0n) is 2.00. The Morgan fingerprint density at radius 1 is 1.25 bits per heavy atom. The van der Waals surface area contributed by atoms with Crippen molar-refractivity contribution in [1.82, 2.24) is 0 Å². The van der Waals surface area contributed by atoms with E-state index in [0.29, 0.717) is 0 Å². The van der Waals surface area contributed by atoms with Crippen LogP contribution in [0.1, 0.15) is 0 Å². The van der Waals surface area contributed by atoms with Crippen LogP contribution in [0, 0.1) is 0 Å². The Balaban J connectivity index is -0.00000000500. The van der Waals surface area contributed by atoms with Crippen molar-refractivity contribution in [2.45, 2.75) is 0 Å². The third-order valence-electron chi connectivity index (χ3n) is 0. The molecule has 0 aromatic heterocycles. The molecule has 0 nitrogen and oxygen atoms in total. The number of hydrogen-bond acceptors (Lipinski definition) is 0. The van der Waals surface area contributed by atoms with Crippen LogP contribution in [0.25, 0.3) is 0 Å². The van der Waals surface area contributed by atoms with Crippen LogP contribution in [0.2, 0.25) is 0 Å².